The minimum Gasteiger partial charge on any atom is -0.235 e. The number of hydrogen-bond acceptors (Lipinski definition) is 1. The van der Waals surface area contributed by atoms with Crippen LogP contribution in [-0.4, -0.2) is 9.78 Å². The molecule has 0 atom stereocenters. The Balaban J connectivity index is 2.56. The van der Waals surface area contributed by atoms with Gasteiger partial charge in [-0.05, 0) is 18.6 Å². The van der Waals surface area contributed by atoms with Crippen molar-refractivity contribution in [3.8, 4) is 5.69 Å². The third-order valence-corrected chi connectivity index (χ3v) is 3.12. The van der Waals surface area contributed by atoms with E-state index in [1.54, 1.807) is 23.0 Å². The molecule has 84 valence electrons. The first-order chi connectivity index (χ1) is 7.77. The van der Waals surface area contributed by atoms with Crippen LogP contribution >= 0.6 is 15.9 Å². The van der Waals surface area contributed by atoms with Crippen molar-refractivity contribution in [2.45, 2.75) is 18.7 Å². The SMILES string of the molecule is CCc1c(CBr)cnn1-c1ccccc1F. The minimum absolute atomic E-state index is 0.249. The summed E-state index contributed by atoms with van der Waals surface area (Å²) in [7, 11) is 0. The van der Waals surface area contributed by atoms with Crippen molar-refractivity contribution in [2.75, 3.05) is 0 Å². The lowest BCUT2D eigenvalue weighted by molar-refractivity contribution is 0.607. The molecule has 2 nitrogen and oxygen atoms in total. The summed E-state index contributed by atoms with van der Waals surface area (Å²) in [5.41, 5.74) is 2.65. The van der Waals surface area contributed by atoms with E-state index in [2.05, 4.69) is 21.0 Å². The van der Waals surface area contributed by atoms with E-state index in [-0.39, 0.29) is 5.82 Å². The van der Waals surface area contributed by atoms with Gasteiger partial charge in [0.05, 0.1) is 6.20 Å². The lowest BCUT2D eigenvalue weighted by Gasteiger charge is -2.07. The first-order valence-electron chi connectivity index (χ1n) is 5.14. The molecule has 0 aliphatic carbocycles. The maximum Gasteiger partial charge on any atom is 0.148 e. The molecule has 1 aromatic heterocycles. The Morgan fingerprint density at radius 1 is 1.38 bits per heavy atom. The third-order valence-electron chi connectivity index (χ3n) is 2.51. The zero-order valence-corrected chi connectivity index (χ0v) is 10.5. The molecule has 0 saturated heterocycles. The highest BCUT2D eigenvalue weighted by atomic mass is 79.9. The quantitative estimate of drug-likeness (QED) is 0.789. The average Bonchev–Trinajstić information content (AvgIpc) is 2.72. The molecule has 0 bridgehead atoms. The van der Waals surface area contributed by atoms with E-state index in [4.69, 9.17) is 0 Å². The van der Waals surface area contributed by atoms with Crippen LogP contribution in [0.3, 0.4) is 0 Å². The minimum atomic E-state index is -0.249. The van der Waals surface area contributed by atoms with Crippen molar-refractivity contribution >= 4 is 15.9 Å². The Hall–Kier alpha value is -1.16. The van der Waals surface area contributed by atoms with Crippen LogP contribution < -0.4 is 0 Å². The van der Waals surface area contributed by atoms with Crippen LogP contribution in [0.15, 0.2) is 30.5 Å². The Morgan fingerprint density at radius 3 is 2.75 bits per heavy atom. The fraction of sp³-hybridized carbons (Fsp3) is 0.250. The predicted octanol–water partition coefficient (Wildman–Crippen LogP) is 3.47. The summed E-state index contributed by atoms with van der Waals surface area (Å²) in [5.74, 6) is -0.249. The molecule has 0 amide bonds. The first-order valence-corrected chi connectivity index (χ1v) is 6.26. The number of rotatable bonds is 3. The van der Waals surface area contributed by atoms with Gasteiger partial charge in [-0.25, -0.2) is 9.07 Å². The van der Waals surface area contributed by atoms with Crippen LogP contribution in [0.2, 0.25) is 0 Å². The number of hydrogen-bond donors (Lipinski definition) is 0. The second kappa shape index (κ2) is 4.78. The van der Waals surface area contributed by atoms with Gasteiger partial charge in [-0.2, -0.15) is 5.10 Å². The number of halogens is 2. The number of aromatic nitrogens is 2. The van der Waals surface area contributed by atoms with Crippen molar-refractivity contribution in [3.05, 3.63) is 47.5 Å². The van der Waals surface area contributed by atoms with Crippen molar-refractivity contribution in [1.82, 2.24) is 9.78 Å². The summed E-state index contributed by atoms with van der Waals surface area (Å²) in [6, 6.07) is 6.68. The van der Waals surface area contributed by atoms with Gasteiger partial charge in [0.25, 0.3) is 0 Å². The van der Waals surface area contributed by atoms with E-state index in [0.717, 1.165) is 23.0 Å². The van der Waals surface area contributed by atoms with Crippen LogP contribution in [0.25, 0.3) is 5.69 Å². The molecule has 0 aliphatic rings. The lowest BCUT2D eigenvalue weighted by atomic mass is 10.2. The number of benzene rings is 1. The fourth-order valence-corrected chi connectivity index (χ4v) is 2.20. The van der Waals surface area contributed by atoms with E-state index in [0.29, 0.717) is 5.69 Å². The Kier molecular flexibility index (Phi) is 3.39. The molecule has 0 aliphatic heterocycles. The maximum absolute atomic E-state index is 13.6. The Morgan fingerprint density at radius 2 is 2.12 bits per heavy atom. The van der Waals surface area contributed by atoms with Crippen LogP contribution in [0.4, 0.5) is 4.39 Å². The standard InChI is InChI=1S/C12H12BrFN2/c1-2-11-9(7-13)8-15-16(11)12-6-4-3-5-10(12)14/h3-6,8H,2,7H2,1H3. The topological polar surface area (TPSA) is 17.8 Å². The largest absolute Gasteiger partial charge is 0.235 e. The molecule has 0 unspecified atom stereocenters. The van der Waals surface area contributed by atoms with Gasteiger partial charge in [0, 0.05) is 16.6 Å². The van der Waals surface area contributed by atoms with Gasteiger partial charge in [0.1, 0.15) is 11.5 Å². The second-order valence-electron chi connectivity index (χ2n) is 3.47. The summed E-state index contributed by atoms with van der Waals surface area (Å²) in [6.45, 7) is 2.04. The summed E-state index contributed by atoms with van der Waals surface area (Å²) >= 11 is 3.41. The zero-order chi connectivity index (χ0) is 11.5. The number of alkyl halides is 1. The third kappa shape index (κ3) is 1.89. The second-order valence-corrected chi connectivity index (χ2v) is 4.03. The molecule has 0 saturated carbocycles. The number of nitrogens with zero attached hydrogens (tertiary/aromatic N) is 2. The molecule has 0 spiro atoms. The van der Waals surface area contributed by atoms with E-state index >= 15 is 0 Å². The molecule has 1 aromatic carbocycles. The van der Waals surface area contributed by atoms with Crippen LogP contribution in [0.5, 0.6) is 0 Å². The normalized spacial score (nSPS) is 10.7. The molecule has 2 rings (SSSR count). The average molecular weight is 283 g/mol. The van der Waals surface area contributed by atoms with Gasteiger partial charge in [-0.15, -0.1) is 0 Å². The highest BCUT2D eigenvalue weighted by Gasteiger charge is 2.12. The smallest absolute Gasteiger partial charge is 0.148 e. The molecule has 0 fully saturated rings. The van der Waals surface area contributed by atoms with E-state index in [9.17, 15) is 4.39 Å². The highest BCUT2D eigenvalue weighted by Crippen LogP contribution is 2.19. The molecule has 0 radical (unpaired) electrons. The van der Waals surface area contributed by atoms with E-state index in [1.165, 1.54) is 6.07 Å². The summed E-state index contributed by atoms with van der Waals surface area (Å²) in [5, 5.41) is 4.98. The van der Waals surface area contributed by atoms with Gasteiger partial charge in [0.15, 0.2) is 0 Å². The van der Waals surface area contributed by atoms with Crippen LogP contribution in [-0.2, 0) is 11.8 Å². The molecular weight excluding hydrogens is 271 g/mol. The van der Waals surface area contributed by atoms with Crippen molar-refractivity contribution in [1.29, 1.82) is 0 Å². The van der Waals surface area contributed by atoms with Crippen molar-refractivity contribution in [3.63, 3.8) is 0 Å². The molecule has 4 heteroatoms. The molecule has 0 N–H and O–H groups in total. The molecular formula is C12H12BrFN2. The van der Waals surface area contributed by atoms with Gasteiger partial charge < -0.3 is 0 Å². The summed E-state index contributed by atoms with van der Waals surface area (Å²) in [6.07, 6.45) is 2.61. The van der Waals surface area contributed by atoms with Gasteiger partial charge in [0.2, 0.25) is 0 Å². The summed E-state index contributed by atoms with van der Waals surface area (Å²) < 4.78 is 15.3. The molecule has 16 heavy (non-hydrogen) atoms. The highest BCUT2D eigenvalue weighted by molar-refractivity contribution is 9.08. The van der Waals surface area contributed by atoms with Crippen molar-refractivity contribution < 1.29 is 4.39 Å². The lowest BCUT2D eigenvalue weighted by Crippen LogP contribution is -2.04. The van der Waals surface area contributed by atoms with Gasteiger partial charge in [-0.3, -0.25) is 0 Å². The zero-order valence-electron chi connectivity index (χ0n) is 8.95. The van der Waals surface area contributed by atoms with E-state index < -0.39 is 0 Å². The Bertz CT molecular complexity index is 494. The first kappa shape index (κ1) is 11.3. The van der Waals surface area contributed by atoms with Gasteiger partial charge >= 0.3 is 0 Å². The van der Waals surface area contributed by atoms with E-state index in [1.807, 2.05) is 13.0 Å². The summed E-state index contributed by atoms with van der Waals surface area (Å²) in [4.78, 5) is 0. The Labute approximate surface area is 102 Å². The number of para-hydroxylation sites is 1. The maximum atomic E-state index is 13.6. The molecule has 2 aromatic rings. The van der Waals surface area contributed by atoms with Crippen molar-refractivity contribution in [2.24, 2.45) is 0 Å². The molecule has 1 heterocycles. The van der Waals surface area contributed by atoms with Gasteiger partial charge in [-0.1, -0.05) is 35.0 Å². The fourth-order valence-electron chi connectivity index (χ4n) is 1.73. The monoisotopic (exact) mass is 282 g/mol. The van der Waals surface area contributed by atoms with Crippen LogP contribution in [0, 0.1) is 5.82 Å². The van der Waals surface area contributed by atoms with Crippen LogP contribution in [0.1, 0.15) is 18.2 Å². The predicted molar refractivity (Wildman–Crippen MR) is 65.5 cm³/mol.